The summed E-state index contributed by atoms with van der Waals surface area (Å²) in [6.45, 7) is 5.74. The zero-order valence-corrected chi connectivity index (χ0v) is 13.1. The van der Waals surface area contributed by atoms with Crippen molar-refractivity contribution in [1.82, 2.24) is 19.6 Å². The number of benzene rings is 1. The topological polar surface area (TPSA) is 50.3 Å². The molecule has 1 fully saturated rings. The highest BCUT2D eigenvalue weighted by molar-refractivity contribution is 7.80. The van der Waals surface area contributed by atoms with E-state index >= 15 is 0 Å². The summed E-state index contributed by atoms with van der Waals surface area (Å²) in [7, 11) is 2.01. The molecular formula is C15H21N5S. The second-order valence-corrected chi connectivity index (χ2v) is 6.13. The van der Waals surface area contributed by atoms with Gasteiger partial charge in [0.25, 0.3) is 0 Å². The molecule has 1 saturated heterocycles. The highest BCUT2D eigenvalue weighted by Gasteiger charge is 2.19. The first kappa shape index (κ1) is 14.4. The van der Waals surface area contributed by atoms with Crippen molar-refractivity contribution >= 4 is 28.1 Å². The largest absolute Gasteiger partial charge is 0.392 e. The Kier molecular flexibility index (Phi) is 4.19. The quantitative estimate of drug-likeness (QED) is 0.853. The molecule has 1 aliphatic heterocycles. The Morgan fingerprint density at radius 2 is 1.86 bits per heavy atom. The van der Waals surface area contributed by atoms with Crippen molar-refractivity contribution in [3.8, 4) is 0 Å². The molecule has 0 atom stereocenters. The monoisotopic (exact) mass is 303 g/mol. The van der Waals surface area contributed by atoms with Crippen LogP contribution in [-0.4, -0.2) is 57.3 Å². The molecule has 0 amide bonds. The fourth-order valence-corrected chi connectivity index (χ4v) is 3.13. The summed E-state index contributed by atoms with van der Waals surface area (Å²) >= 11 is 4.98. The maximum absolute atomic E-state index is 5.61. The summed E-state index contributed by atoms with van der Waals surface area (Å²) in [5, 5.41) is 5.93. The van der Waals surface area contributed by atoms with Crippen LogP contribution in [0, 0.1) is 0 Å². The molecule has 21 heavy (non-hydrogen) atoms. The molecular weight excluding hydrogens is 282 g/mol. The van der Waals surface area contributed by atoms with Gasteiger partial charge in [-0.3, -0.25) is 14.5 Å². The Bertz CT molecular complexity index is 643. The summed E-state index contributed by atoms with van der Waals surface area (Å²) in [6, 6.07) is 8.41. The molecule has 2 aromatic rings. The summed E-state index contributed by atoms with van der Waals surface area (Å²) in [5.74, 6) is 0. The first-order chi connectivity index (χ1) is 10.1. The summed E-state index contributed by atoms with van der Waals surface area (Å²) in [5.41, 5.74) is 7.97. The molecule has 2 N–H and O–H groups in total. The Morgan fingerprint density at radius 3 is 2.57 bits per heavy atom. The van der Waals surface area contributed by atoms with Crippen LogP contribution in [0.15, 0.2) is 24.3 Å². The molecule has 0 bridgehead atoms. The van der Waals surface area contributed by atoms with E-state index in [1.807, 2.05) is 11.7 Å². The lowest BCUT2D eigenvalue weighted by atomic mass is 10.2. The second kappa shape index (κ2) is 6.09. The molecule has 0 unspecified atom stereocenters. The van der Waals surface area contributed by atoms with Gasteiger partial charge in [0.15, 0.2) is 0 Å². The molecule has 0 saturated carbocycles. The zero-order valence-electron chi connectivity index (χ0n) is 12.3. The van der Waals surface area contributed by atoms with Gasteiger partial charge in [-0.2, -0.15) is 5.10 Å². The van der Waals surface area contributed by atoms with Crippen LogP contribution in [0.25, 0.3) is 10.9 Å². The maximum Gasteiger partial charge on any atom is 0.0870 e. The first-order valence-corrected chi connectivity index (χ1v) is 7.68. The molecule has 0 spiro atoms. The number of thiocarbonyl (C=S) groups is 1. The zero-order chi connectivity index (χ0) is 14.8. The lowest BCUT2D eigenvalue weighted by Gasteiger charge is -2.34. The van der Waals surface area contributed by atoms with Crippen molar-refractivity contribution < 1.29 is 0 Å². The number of aryl methyl sites for hydroxylation is 1. The van der Waals surface area contributed by atoms with Gasteiger partial charge in [-0.25, -0.2) is 0 Å². The van der Waals surface area contributed by atoms with E-state index in [0.717, 1.165) is 45.0 Å². The highest BCUT2D eigenvalue weighted by atomic mass is 32.1. The van der Waals surface area contributed by atoms with Crippen LogP contribution >= 0.6 is 12.2 Å². The van der Waals surface area contributed by atoms with Crippen LogP contribution in [0.1, 0.15) is 5.69 Å². The van der Waals surface area contributed by atoms with Gasteiger partial charge < -0.3 is 5.73 Å². The fourth-order valence-electron chi connectivity index (χ4n) is 2.94. The summed E-state index contributed by atoms with van der Waals surface area (Å²) in [6.07, 6.45) is 0. The van der Waals surface area contributed by atoms with Crippen molar-refractivity contribution in [3.63, 3.8) is 0 Å². The van der Waals surface area contributed by atoms with Crippen molar-refractivity contribution in [2.24, 2.45) is 12.8 Å². The van der Waals surface area contributed by atoms with Crippen LogP contribution in [0.3, 0.4) is 0 Å². The van der Waals surface area contributed by atoms with Gasteiger partial charge in [-0.15, -0.1) is 0 Å². The molecule has 0 aliphatic carbocycles. The predicted octanol–water partition coefficient (Wildman–Crippen LogP) is 0.977. The lowest BCUT2D eigenvalue weighted by molar-refractivity contribution is 0.139. The summed E-state index contributed by atoms with van der Waals surface area (Å²) in [4.78, 5) is 5.35. The Hall–Kier alpha value is -1.50. The average molecular weight is 303 g/mol. The number of piperazine rings is 1. The third-order valence-electron chi connectivity index (χ3n) is 4.05. The van der Waals surface area contributed by atoms with E-state index in [9.17, 15) is 0 Å². The number of hydrogen-bond acceptors (Lipinski definition) is 4. The van der Waals surface area contributed by atoms with Gasteiger partial charge in [0.05, 0.1) is 16.2 Å². The predicted molar refractivity (Wildman–Crippen MR) is 89.2 cm³/mol. The van der Waals surface area contributed by atoms with Crippen LogP contribution in [0.2, 0.25) is 0 Å². The van der Waals surface area contributed by atoms with Crippen molar-refractivity contribution in [2.75, 3.05) is 32.7 Å². The molecule has 1 aliphatic rings. The number of aromatic nitrogens is 2. The van der Waals surface area contributed by atoms with E-state index < -0.39 is 0 Å². The second-order valence-electron chi connectivity index (χ2n) is 5.61. The van der Waals surface area contributed by atoms with E-state index in [1.165, 1.54) is 10.9 Å². The highest BCUT2D eigenvalue weighted by Crippen LogP contribution is 2.19. The van der Waals surface area contributed by atoms with Gasteiger partial charge >= 0.3 is 0 Å². The van der Waals surface area contributed by atoms with E-state index in [2.05, 4.69) is 39.2 Å². The summed E-state index contributed by atoms with van der Waals surface area (Å²) < 4.78 is 1.97. The van der Waals surface area contributed by atoms with E-state index in [-0.39, 0.29) is 0 Å². The number of fused-ring (bicyclic) bond motifs is 1. The van der Waals surface area contributed by atoms with Gasteiger partial charge in [0, 0.05) is 51.7 Å². The minimum Gasteiger partial charge on any atom is -0.392 e. The van der Waals surface area contributed by atoms with Gasteiger partial charge in [0.1, 0.15) is 0 Å². The fraction of sp³-hybridized carbons (Fsp3) is 0.467. The smallest absolute Gasteiger partial charge is 0.0870 e. The lowest BCUT2D eigenvalue weighted by Crippen LogP contribution is -2.48. The molecule has 3 rings (SSSR count). The maximum atomic E-state index is 5.61. The van der Waals surface area contributed by atoms with Crippen LogP contribution < -0.4 is 5.73 Å². The third-order valence-corrected chi connectivity index (χ3v) is 4.18. The first-order valence-electron chi connectivity index (χ1n) is 7.27. The molecule has 112 valence electrons. The molecule has 1 aromatic heterocycles. The van der Waals surface area contributed by atoms with Crippen LogP contribution in [0.4, 0.5) is 0 Å². The Morgan fingerprint density at radius 1 is 1.19 bits per heavy atom. The number of nitrogens with zero attached hydrogens (tertiary/aromatic N) is 4. The average Bonchev–Trinajstić information content (AvgIpc) is 2.78. The van der Waals surface area contributed by atoms with Crippen LogP contribution in [-0.2, 0) is 13.6 Å². The van der Waals surface area contributed by atoms with Gasteiger partial charge in [-0.05, 0) is 6.07 Å². The number of para-hydroxylation sites is 1. The third kappa shape index (κ3) is 3.23. The van der Waals surface area contributed by atoms with Gasteiger partial charge in [-0.1, -0.05) is 30.4 Å². The molecule has 6 heteroatoms. The minimum atomic E-state index is 0.583. The van der Waals surface area contributed by atoms with Crippen molar-refractivity contribution in [3.05, 3.63) is 30.0 Å². The van der Waals surface area contributed by atoms with Crippen LogP contribution in [0.5, 0.6) is 0 Å². The minimum absolute atomic E-state index is 0.583. The van der Waals surface area contributed by atoms with Crippen molar-refractivity contribution in [2.45, 2.75) is 6.54 Å². The Labute approximate surface area is 130 Å². The van der Waals surface area contributed by atoms with Crippen molar-refractivity contribution in [1.29, 1.82) is 0 Å². The van der Waals surface area contributed by atoms with E-state index in [1.54, 1.807) is 0 Å². The standard InChI is InChI=1S/C15H21N5S/c1-18-14-5-3-2-4-12(14)13(17-18)10-19-6-8-20(9-7-19)11-15(16)21/h2-5H,6-11H2,1H3,(H2,16,21). The van der Waals surface area contributed by atoms with E-state index in [4.69, 9.17) is 18.0 Å². The number of nitrogens with two attached hydrogens (primary N) is 1. The molecule has 5 nitrogen and oxygen atoms in total. The molecule has 1 aromatic carbocycles. The molecule has 2 heterocycles. The molecule has 0 radical (unpaired) electrons. The Balaban J connectivity index is 1.66. The normalized spacial score (nSPS) is 17.4. The van der Waals surface area contributed by atoms with Gasteiger partial charge in [0.2, 0.25) is 0 Å². The SMILES string of the molecule is Cn1nc(CN2CCN(CC(N)=S)CC2)c2ccccc21. The number of hydrogen-bond donors (Lipinski definition) is 1. The van der Waals surface area contributed by atoms with E-state index in [0.29, 0.717) is 4.99 Å². The number of rotatable bonds is 4.